The number of amidine groups is 1. The number of thioether (sulfide) groups is 1. The number of allylic oxidation sites excluding steroid dienone is 1. The van der Waals surface area contributed by atoms with Crippen molar-refractivity contribution in [1.82, 2.24) is 14.7 Å². The summed E-state index contributed by atoms with van der Waals surface area (Å²) in [6, 6.07) is 16.1. The van der Waals surface area contributed by atoms with Gasteiger partial charge in [0.2, 0.25) is 5.91 Å². The monoisotopic (exact) mass is 548 g/mol. The van der Waals surface area contributed by atoms with Gasteiger partial charge in [0.15, 0.2) is 5.17 Å². The fraction of sp³-hybridized carbons (Fsp3) is 0.367. The van der Waals surface area contributed by atoms with Crippen LogP contribution in [0.3, 0.4) is 0 Å². The Morgan fingerprint density at radius 3 is 2.54 bits per heavy atom. The summed E-state index contributed by atoms with van der Waals surface area (Å²) in [6.07, 6.45) is 1.70. The maximum atomic E-state index is 14.3. The highest BCUT2D eigenvalue weighted by Gasteiger charge is 2.42. The van der Waals surface area contributed by atoms with Crippen LogP contribution in [0, 0.1) is 5.82 Å². The molecule has 9 heteroatoms. The molecule has 0 aromatic heterocycles. The number of halogens is 1. The number of nitrogens with zero attached hydrogens (tertiary/aromatic N) is 4. The first kappa shape index (κ1) is 27.1. The summed E-state index contributed by atoms with van der Waals surface area (Å²) in [7, 11) is 1.34. The molecule has 0 N–H and O–H groups in total. The smallest absolute Gasteiger partial charge is 0.338 e. The number of methoxy groups -OCH3 is 1. The highest BCUT2D eigenvalue weighted by Crippen LogP contribution is 2.45. The summed E-state index contributed by atoms with van der Waals surface area (Å²) in [5, 5.41) is 2.61. The number of ether oxygens (including phenoxy) is 1. The number of aliphatic imine (C=N–C) groups is 1. The lowest BCUT2D eigenvalue weighted by Crippen LogP contribution is -2.49. The van der Waals surface area contributed by atoms with Gasteiger partial charge in [0.05, 0.1) is 30.8 Å². The first-order valence-corrected chi connectivity index (χ1v) is 14.2. The Morgan fingerprint density at radius 2 is 1.85 bits per heavy atom. The van der Waals surface area contributed by atoms with Crippen LogP contribution in [-0.4, -0.2) is 71.6 Å². The van der Waals surface area contributed by atoms with Crippen LogP contribution in [-0.2, 0) is 20.7 Å². The molecule has 0 saturated carbocycles. The SMILES string of the molecule is CCC1=C(C(=O)OC)C(c2cccc(F)c2)N2C(CC(=O)N3CCN(CCc4ccccc4)CC3)=CSC2=N1. The number of esters is 1. The number of carbonyl (C=O) groups is 2. The standard InChI is InChI=1S/C30H33FN4O3S/c1-3-25-27(29(37)38-2)28(22-10-7-11-23(31)18-22)35-24(20-39-30(35)32-25)19-26(36)34-16-14-33(15-17-34)13-12-21-8-5-4-6-9-21/h4-11,18,20,28H,3,12-17,19H2,1-2H3. The molecule has 0 spiro atoms. The number of carbonyl (C=O) groups excluding carboxylic acids is 2. The number of hydrogen-bond donors (Lipinski definition) is 0. The van der Waals surface area contributed by atoms with Crippen molar-refractivity contribution in [2.24, 2.45) is 4.99 Å². The van der Waals surface area contributed by atoms with Crippen LogP contribution in [0.25, 0.3) is 0 Å². The second-order valence-electron chi connectivity index (χ2n) is 9.79. The Bertz CT molecular complexity index is 1320. The van der Waals surface area contributed by atoms with E-state index in [1.165, 1.54) is 36.6 Å². The minimum atomic E-state index is -0.625. The van der Waals surface area contributed by atoms with Crippen molar-refractivity contribution < 1.29 is 18.7 Å². The third-order valence-corrected chi connectivity index (χ3v) is 8.30. The van der Waals surface area contributed by atoms with E-state index >= 15 is 0 Å². The van der Waals surface area contributed by atoms with E-state index in [0.717, 1.165) is 31.8 Å². The normalized spacial score (nSPS) is 19.5. The molecule has 0 radical (unpaired) electrons. The molecule has 2 aromatic rings. The van der Waals surface area contributed by atoms with Gasteiger partial charge in [-0.25, -0.2) is 14.2 Å². The average molecular weight is 549 g/mol. The van der Waals surface area contributed by atoms with Gasteiger partial charge >= 0.3 is 5.97 Å². The maximum Gasteiger partial charge on any atom is 0.338 e. The van der Waals surface area contributed by atoms with Gasteiger partial charge in [-0.1, -0.05) is 61.2 Å². The van der Waals surface area contributed by atoms with Crippen molar-refractivity contribution in [2.45, 2.75) is 32.2 Å². The van der Waals surface area contributed by atoms with Crippen molar-refractivity contribution >= 4 is 28.8 Å². The molecule has 1 unspecified atom stereocenters. The van der Waals surface area contributed by atoms with E-state index in [4.69, 9.17) is 9.73 Å². The molecule has 0 bridgehead atoms. The molecular weight excluding hydrogens is 515 g/mol. The summed E-state index contributed by atoms with van der Waals surface area (Å²) in [5.41, 5.74) is 3.67. The Balaban J connectivity index is 1.29. The second-order valence-corrected chi connectivity index (χ2v) is 10.6. The van der Waals surface area contributed by atoms with E-state index in [2.05, 4.69) is 29.2 Å². The van der Waals surface area contributed by atoms with Crippen LogP contribution in [0.15, 0.2) is 82.0 Å². The molecule has 1 atom stereocenters. The molecule has 5 rings (SSSR count). The van der Waals surface area contributed by atoms with Gasteiger partial charge in [0.25, 0.3) is 0 Å². The molecule has 3 aliphatic heterocycles. The molecule has 1 amide bonds. The summed E-state index contributed by atoms with van der Waals surface area (Å²) in [5.74, 6) is -0.857. The van der Waals surface area contributed by atoms with Crippen LogP contribution in [0.4, 0.5) is 4.39 Å². The molecule has 39 heavy (non-hydrogen) atoms. The van der Waals surface area contributed by atoms with Crippen LogP contribution >= 0.6 is 11.8 Å². The van der Waals surface area contributed by atoms with E-state index in [1.807, 2.05) is 28.2 Å². The predicted molar refractivity (Wildman–Crippen MR) is 151 cm³/mol. The third kappa shape index (κ3) is 5.94. The molecule has 1 saturated heterocycles. The van der Waals surface area contributed by atoms with Crippen molar-refractivity contribution in [3.05, 3.63) is 93.9 Å². The van der Waals surface area contributed by atoms with Gasteiger partial charge in [-0.3, -0.25) is 9.69 Å². The van der Waals surface area contributed by atoms with E-state index in [1.54, 1.807) is 12.1 Å². The second kappa shape index (κ2) is 12.2. The minimum Gasteiger partial charge on any atom is -0.466 e. The van der Waals surface area contributed by atoms with Crippen LogP contribution < -0.4 is 0 Å². The van der Waals surface area contributed by atoms with E-state index in [-0.39, 0.29) is 12.3 Å². The van der Waals surface area contributed by atoms with Gasteiger partial charge in [-0.05, 0) is 41.5 Å². The highest BCUT2D eigenvalue weighted by atomic mass is 32.2. The molecule has 1 fully saturated rings. The van der Waals surface area contributed by atoms with Gasteiger partial charge in [0.1, 0.15) is 5.82 Å². The Hall–Kier alpha value is -3.43. The van der Waals surface area contributed by atoms with E-state index in [0.29, 0.717) is 41.5 Å². The lowest BCUT2D eigenvalue weighted by Gasteiger charge is -2.38. The lowest BCUT2D eigenvalue weighted by molar-refractivity contribution is -0.136. The molecule has 0 aliphatic carbocycles. The number of benzene rings is 2. The fourth-order valence-corrected chi connectivity index (χ4v) is 6.26. The van der Waals surface area contributed by atoms with Crippen LogP contribution in [0.2, 0.25) is 0 Å². The van der Waals surface area contributed by atoms with Gasteiger partial charge in [-0.2, -0.15) is 0 Å². The van der Waals surface area contributed by atoms with Crippen molar-refractivity contribution in [3.8, 4) is 0 Å². The maximum absolute atomic E-state index is 14.3. The Kier molecular flexibility index (Phi) is 8.47. The van der Waals surface area contributed by atoms with Crippen molar-refractivity contribution in [1.29, 1.82) is 0 Å². The number of hydrogen-bond acceptors (Lipinski definition) is 7. The molecule has 2 aromatic carbocycles. The zero-order chi connectivity index (χ0) is 27.4. The summed E-state index contributed by atoms with van der Waals surface area (Å²) < 4.78 is 19.5. The Labute approximate surface area is 233 Å². The van der Waals surface area contributed by atoms with Crippen molar-refractivity contribution in [3.63, 3.8) is 0 Å². The quantitative estimate of drug-likeness (QED) is 0.444. The Morgan fingerprint density at radius 1 is 1.08 bits per heavy atom. The fourth-order valence-electron chi connectivity index (χ4n) is 5.32. The minimum absolute atomic E-state index is 0.0358. The topological polar surface area (TPSA) is 65.5 Å². The van der Waals surface area contributed by atoms with Gasteiger partial charge in [-0.15, -0.1) is 0 Å². The van der Waals surface area contributed by atoms with Crippen LogP contribution in [0.5, 0.6) is 0 Å². The third-order valence-electron chi connectivity index (χ3n) is 7.41. The molecular formula is C30H33FN4O3S. The van der Waals surface area contributed by atoms with Crippen LogP contribution in [0.1, 0.15) is 36.9 Å². The number of rotatable bonds is 8. The van der Waals surface area contributed by atoms with Gasteiger partial charge in [0, 0.05) is 38.4 Å². The summed E-state index contributed by atoms with van der Waals surface area (Å²) in [6.45, 7) is 5.93. The van der Waals surface area contributed by atoms with E-state index < -0.39 is 17.8 Å². The highest BCUT2D eigenvalue weighted by molar-refractivity contribution is 8.16. The largest absolute Gasteiger partial charge is 0.466 e. The summed E-state index contributed by atoms with van der Waals surface area (Å²) in [4.78, 5) is 37.4. The zero-order valence-corrected chi connectivity index (χ0v) is 23.1. The summed E-state index contributed by atoms with van der Waals surface area (Å²) >= 11 is 1.43. The van der Waals surface area contributed by atoms with Gasteiger partial charge < -0.3 is 14.5 Å². The predicted octanol–water partition coefficient (Wildman–Crippen LogP) is 4.74. The molecule has 3 heterocycles. The number of piperazine rings is 1. The first-order valence-electron chi connectivity index (χ1n) is 13.3. The molecule has 3 aliphatic rings. The van der Waals surface area contributed by atoms with E-state index in [9.17, 15) is 14.0 Å². The number of fused-ring (bicyclic) bond motifs is 1. The number of amides is 1. The lowest BCUT2D eigenvalue weighted by atomic mass is 9.92. The molecule has 204 valence electrons. The average Bonchev–Trinajstić information content (AvgIpc) is 3.37. The zero-order valence-electron chi connectivity index (χ0n) is 22.3. The molecule has 7 nitrogen and oxygen atoms in total. The first-order chi connectivity index (χ1) is 19.0. The van der Waals surface area contributed by atoms with Crippen molar-refractivity contribution in [2.75, 3.05) is 39.8 Å².